The maximum atomic E-state index is 12.9. The first-order chi connectivity index (χ1) is 10.3. The van der Waals surface area contributed by atoms with Crippen molar-refractivity contribution in [2.45, 2.75) is 25.3 Å². The fourth-order valence-corrected chi connectivity index (χ4v) is 4.46. The first-order valence-corrected chi connectivity index (χ1v) is 9.40. The number of halogens is 2. The summed E-state index contributed by atoms with van der Waals surface area (Å²) in [6.45, 7) is 4.48. The van der Waals surface area contributed by atoms with Gasteiger partial charge in [0.1, 0.15) is 10.7 Å². The molecular formula is C15H17BrClNO3S. The topological polar surface area (TPSA) is 50.5 Å². The Morgan fingerprint density at radius 2 is 1.91 bits per heavy atom. The van der Waals surface area contributed by atoms with Gasteiger partial charge in [0, 0.05) is 6.54 Å². The van der Waals surface area contributed by atoms with E-state index in [1.54, 1.807) is 30.3 Å². The standard InChI is InChI=1S/C15H17BrClNO3S/c1-11(2)9-18(10-12-7-8-15(16)21-12)22(19,20)14-6-4-3-5-13(14)17/h3-8,11H,9-10H2,1-2H3. The fourth-order valence-electron chi connectivity index (χ4n) is 2.06. The molecule has 0 radical (unpaired) electrons. The van der Waals surface area contributed by atoms with Crippen molar-refractivity contribution in [3.05, 3.63) is 51.9 Å². The molecule has 0 saturated heterocycles. The smallest absolute Gasteiger partial charge is 0.244 e. The molecule has 2 aromatic rings. The van der Waals surface area contributed by atoms with Crippen molar-refractivity contribution in [1.82, 2.24) is 4.31 Å². The Labute approximate surface area is 144 Å². The molecule has 0 aliphatic rings. The van der Waals surface area contributed by atoms with Gasteiger partial charge in [0.2, 0.25) is 10.0 Å². The molecule has 120 valence electrons. The van der Waals surface area contributed by atoms with E-state index in [2.05, 4.69) is 15.9 Å². The molecule has 0 spiro atoms. The summed E-state index contributed by atoms with van der Waals surface area (Å²) in [7, 11) is -3.69. The van der Waals surface area contributed by atoms with Crippen molar-refractivity contribution in [1.29, 1.82) is 0 Å². The number of furan rings is 1. The van der Waals surface area contributed by atoms with Crippen LogP contribution < -0.4 is 0 Å². The van der Waals surface area contributed by atoms with Crippen molar-refractivity contribution in [2.24, 2.45) is 5.92 Å². The molecule has 0 aliphatic heterocycles. The van der Waals surface area contributed by atoms with E-state index < -0.39 is 10.0 Å². The molecule has 0 fully saturated rings. The minimum atomic E-state index is -3.69. The summed E-state index contributed by atoms with van der Waals surface area (Å²) in [6.07, 6.45) is 0. The minimum Gasteiger partial charge on any atom is -0.453 e. The summed E-state index contributed by atoms with van der Waals surface area (Å²) in [5.74, 6) is 0.749. The lowest BCUT2D eigenvalue weighted by Crippen LogP contribution is -2.33. The van der Waals surface area contributed by atoms with Crippen molar-refractivity contribution >= 4 is 37.6 Å². The molecule has 0 aliphatic carbocycles. The van der Waals surface area contributed by atoms with Crippen molar-refractivity contribution in [3.63, 3.8) is 0 Å². The van der Waals surface area contributed by atoms with Crippen LogP contribution in [0.3, 0.4) is 0 Å². The zero-order valence-electron chi connectivity index (χ0n) is 12.3. The summed E-state index contributed by atoms with van der Waals surface area (Å²) in [5.41, 5.74) is 0. The van der Waals surface area contributed by atoms with Crippen LogP contribution in [0.5, 0.6) is 0 Å². The van der Waals surface area contributed by atoms with E-state index in [-0.39, 0.29) is 22.4 Å². The van der Waals surface area contributed by atoms with Gasteiger partial charge in [-0.3, -0.25) is 0 Å². The molecule has 0 atom stereocenters. The highest BCUT2D eigenvalue weighted by atomic mass is 79.9. The molecule has 2 rings (SSSR count). The largest absolute Gasteiger partial charge is 0.453 e. The van der Waals surface area contributed by atoms with Crippen LogP contribution in [0.4, 0.5) is 0 Å². The molecule has 0 bridgehead atoms. The van der Waals surface area contributed by atoms with Gasteiger partial charge in [0.25, 0.3) is 0 Å². The average molecular weight is 407 g/mol. The van der Waals surface area contributed by atoms with E-state index in [1.807, 2.05) is 13.8 Å². The predicted octanol–water partition coefficient (Wildman–Crippen LogP) is 4.54. The fraction of sp³-hybridized carbons (Fsp3) is 0.333. The Kier molecular flexibility index (Phi) is 5.71. The van der Waals surface area contributed by atoms with E-state index in [0.29, 0.717) is 17.0 Å². The lowest BCUT2D eigenvalue weighted by Gasteiger charge is -2.23. The first kappa shape index (κ1) is 17.5. The Morgan fingerprint density at radius 1 is 1.23 bits per heavy atom. The van der Waals surface area contributed by atoms with Gasteiger partial charge in [-0.05, 0) is 46.1 Å². The SMILES string of the molecule is CC(C)CN(Cc1ccc(Br)o1)S(=O)(=O)c1ccccc1Cl. The van der Waals surface area contributed by atoms with Crippen LogP contribution in [-0.4, -0.2) is 19.3 Å². The monoisotopic (exact) mass is 405 g/mol. The van der Waals surface area contributed by atoms with Gasteiger partial charge in [0.05, 0.1) is 11.6 Å². The second kappa shape index (κ2) is 7.17. The zero-order chi connectivity index (χ0) is 16.3. The number of hydrogen-bond acceptors (Lipinski definition) is 3. The van der Waals surface area contributed by atoms with Crippen LogP contribution in [0.25, 0.3) is 0 Å². The van der Waals surface area contributed by atoms with Gasteiger partial charge in [-0.1, -0.05) is 37.6 Å². The molecule has 1 heterocycles. The number of nitrogens with zero attached hydrogens (tertiary/aromatic N) is 1. The quantitative estimate of drug-likeness (QED) is 0.707. The van der Waals surface area contributed by atoms with E-state index in [1.165, 1.54) is 10.4 Å². The third-order valence-corrected chi connectivity index (χ3v) is 5.72. The summed E-state index contributed by atoms with van der Waals surface area (Å²) < 4.78 is 33.2. The van der Waals surface area contributed by atoms with Gasteiger partial charge in [-0.25, -0.2) is 8.42 Å². The molecule has 1 aromatic carbocycles. The van der Waals surface area contributed by atoms with Crippen LogP contribution in [0, 0.1) is 5.92 Å². The van der Waals surface area contributed by atoms with Crippen LogP contribution >= 0.6 is 27.5 Å². The van der Waals surface area contributed by atoms with E-state index in [0.717, 1.165) is 0 Å². The molecule has 7 heteroatoms. The summed E-state index contributed by atoms with van der Waals surface area (Å²) in [5, 5.41) is 0.219. The van der Waals surface area contributed by atoms with Gasteiger partial charge < -0.3 is 4.42 Å². The minimum absolute atomic E-state index is 0.114. The maximum Gasteiger partial charge on any atom is 0.244 e. The van der Waals surface area contributed by atoms with E-state index in [4.69, 9.17) is 16.0 Å². The number of benzene rings is 1. The molecule has 0 unspecified atom stereocenters. The lowest BCUT2D eigenvalue weighted by molar-refractivity contribution is 0.329. The van der Waals surface area contributed by atoms with E-state index in [9.17, 15) is 8.42 Å². The highest BCUT2D eigenvalue weighted by molar-refractivity contribution is 9.10. The molecule has 22 heavy (non-hydrogen) atoms. The van der Waals surface area contributed by atoms with Gasteiger partial charge >= 0.3 is 0 Å². The Bertz CT molecular complexity index is 743. The molecule has 1 aromatic heterocycles. The van der Waals surface area contributed by atoms with Crippen LogP contribution in [-0.2, 0) is 16.6 Å². The van der Waals surface area contributed by atoms with Crippen molar-refractivity contribution < 1.29 is 12.8 Å². The van der Waals surface area contributed by atoms with Crippen LogP contribution in [0.15, 0.2) is 50.4 Å². The predicted molar refractivity (Wildman–Crippen MR) is 90.3 cm³/mol. The molecular weight excluding hydrogens is 390 g/mol. The molecule has 4 nitrogen and oxygen atoms in total. The third-order valence-electron chi connectivity index (χ3n) is 2.98. The number of rotatable bonds is 6. The number of sulfonamides is 1. The van der Waals surface area contributed by atoms with E-state index >= 15 is 0 Å². The maximum absolute atomic E-state index is 12.9. The summed E-state index contributed by atoms with van der Waals surface area (Å²) >= 11 is 9.28. The highest BCUT2D eigenvalue weighted by Crippen LogP contribution is 2.27. The second-order valence-electron chi connectivity index (χ2n) is 5.33. The second-order valence-corrected chi connectivity index (χ2v) is 8.42. The molecule has 0 amide bonds. The van der Waals surface area contributed by atoms with Gasteiger partial charge in [0.15, 0.2) is 4.67 Å². The number of hydrogen-bond donors (Lipinski definition) is 0. The molecule has 0 N–H and O–H groups in total. The Morgan fingerprint density at radius 3 is 2.45 bits per heavy atom. The average Bonchev–Trinajstić information content (AvgIpc) is 2.83. The van der Waals surface area contributed by atoms with Crippen molar-refractivity contribution in [3.8, 4) is 0 Å². The summed E-state index contributed by atoms with van der Waals surface area (Å²) in [4.78, 5) is 0.114. The summed E-state index contributed by atoms with van der Waals surface area (Å²) in [6, 6.07) is 9.95. The normalized spacial score (nSPS) is 12.3. The zero-order valence-corrected chi connectivity index (χ0v) is 15.5. The van der Waals surface area contributed by atoms with Crippen molar-refractivity contribution in [2.75, 3.05) is 6.54 Å². The first-order valence-electron chi connectivity index (χ1n) is 6.79. The Hall–Kier alpha value is -0.820. The third kappa shape index (κ3) is 4.13. The van der Waals surface area contributed by atoms with Crippen LogP contribution in [0.2, 0.25) is 5.02 Å². The van der Waals surface area contributed by atoms with Gasteiger partial charge in [-0.15, -0.1) is 0 Å². The van der Waals surface area contributed by atoms with Gasteiger partial charge in [-0.2, -0.15) is 4.31 Å². The highest BCUT2D eigenvalue weighted by Gasteiger charge is 2.28. The van der Waals surface area contributed by atoms with Crippen LogP contribution in [0.1, 0.15) is 19.6 Å². The lowest BCUT2D eigenvalue weighted by atomic mass is 10.2. The molecule has 0 saturated carbocycles. The Balaban J connectivity index is 2.37.